The summed E-state index contributed by atoms with van der Waals surface area (Å²) in [6, 6.07) is 0. The maximum Gasteiger partial charge on any atom is 0.0210 e. The predicted octanol–water partition coefficient (Wildman–Crippen LogP) is 2.29. The molecule has 45 valence electrons. The van der Waals surface area contributed by atoms with E-state index in [4.69, 9.17) is 0 Å². The van der Waals surface area contributed by atoms with Crippen LogP contribution < -0.4 is 0 Å². The van der Waals surface area contributed by atoms with Gasteiger partial charge in [-0.05, 0) is 20.3 Å². The molecule has 1 atom stereocenters. The predicted molar refractivity (Wildman–Crippen MR) is 45.8 cm³/mol. The molecule has 0 aliphatic rings. The highest BCUT2D eigenvalue weighted by molar-refractivity contribution is 14.1. The molecule has 0 aliphatic heterocycles. The van der Waals surface area contributed by atoms with Crippen molar-refractivity contribution in [2.24, 2.45) is 5.92 Å². The number of rotatable bonds is 2. The van der Waals surface area contributed by atoms with Crippen molar-refractivity contribution in [1.29, 1.82) is 0 Å². The molecule has 0 aromatic heterocycles. The zero-order valence-corrected chi connectivity index (χ0v) is 7.23. The molecule has 0 aliphatic carbocycles. The molecule has 1 unspecified atom stereocenters. The second-order valence-corrected chi connectivity index (χ2v) is 2.65. The molecule has 0 N–H and O–H groups in total. The first-order valence-electron chi connectivity index (χ1n) is 2.62. The van der Waals surface area contributed by atoms with Crippen LogP contribution in [-0.2, 0) is 0 Å². The molecule has 0 aromatic carbocycles. The van der Waals surface area contributed by atoms with Crippen LogP contribution in [0.5, 0.6) is 0 Å². The van der Waals surface area contributed by atoms with Crippen molar-refractivity contribution in [3.8, 4) is 11.8 Å². The van der Waals surface area contributed by atoms with Gasteiger partial charge in [-0.25, -0.2) is 0 Å². The van der Waals surface area contributed by atoms with Gasteiger partial charge in [-0.1, -0.05) is 22.6 Å². The van der Waals surface area contributed by atoms with E-state index < -0.39 is 0 Å². The molecule has 0 saturated carbocycles. The quantitative estimate of drug-likeness (QED) is 0.381. The van der Waals surface area contributed by atoms with Crippen molar-refractivity contribution < 1.29 is 0 Å². The van der Waals surface area contributed by atoms with Crippen molar-refractivity contribution in [2.45, 2.75) is 13.3 Å². The lowest BCUT2D eigenvalue weighted by molar-refractivity contribution is 0.815. The summed E-state index contributed by atoms with van der Waals surface area (Å²) in [6.07, 6.45) is 1.11. The number of halogens is 1. The standard InChI is InChI=1S/C7H10I/c1-3-4-7(2)5-6-8/h7H,2,5-6H2,1H3. The van der Waals surface area contributed by atoms with Gasteiger partial charge in [-0.15, -0.1) is 11.8 Å². The lowest BCUT2D eigenvalue weighted by atomic mass is 10.1. The maximum atomic E-state index is 3.84. The van der Waals surface area contributed by atoms with Crippen LogP contribution in [0, 0.1) is 24.7 Å². The van der Waals surface area contributed by atoms with Crippen LogP contribution in [0.3, 0.4) is 0 Å². The largest absolute Gasteiger partial charge is 0.106 e. The summed E-state index contributed by atoms with van der Waals surface area (Å²) in [5.74, 6) is 6.16. The topological polar surface area (TPSA) is 0 Å². The molecule has 1 heteroatoms. The monoisotopic (exact) mass is 221 g/mol. The summed E-state index contributed by atoms with van der Waals surface area (Å²) in [4.78, 5) is 0. The first-order chi connectivity index (χ1) is 3.81. The van der Waals surface area contributed by atoms with Gasteiger partial charge in [0.15, 0.2) is 0 Å². The molecule has 0 fully saturated rings. The first-order valence-corrected chi connectivity index (χ1v) is 4.15. The minimum Gasteiger partial charge on any atom is -0.106 e. The van der Waals surface area contributed by atoms with Crippen LogP contribution in [0.25, 0.3) is 0 Å². The molecule has 8 heavy (non-hydrogen) atoms. The van der Waals surface area contributed by atoms with Gasteiger partial charge in [0.1, 0.15) is 0 Å². The minimum absolute atomic E-state index is 0.344. The Morgan fingerprint density at radius 1 is 1.75 bits per heavy atom. The third-order valence-electron chi connectivity index (χ3n) is 0.806. The van der Waals surface area contributed by atoms with Crippen LogP contribution in [0.2, 0.25) is 0 Å². The molecule has 0 amide bonds. The van der Waals surface area contributed by atoms with E-state index in [-0.39, 0.29) is 0 Å². The first kappa shape index (κ1) is 8.29. The Morgan fingerprint density at radius 3 is 2.75 bits per heavy atom. The van der Waals surface area contributed by atoms with Gasteiger partial charge in [0.05, 0.1) is 0 Å². The molecule has 0 bridgehead atoms. The molecular formula is C7H10I. The van der Waals surface area contributed by atoms with Crippen LogP contribution in [0.15, 0.2) is 0 Å². The molecule has 0 saturated heterocycles. The van der Waals surface area contributed by atoms with Crippen molar-refractivity contribution in [3.63, 3.8) is 0 Å². The molecule has 0 spiro atoms. The van der Waals surface area contributed by atoms with Crippen LogP contribution in [0.1, 0.15) is 13.3 Å². The van der Waals surface area contributed by atoms with Crippen LogP contribution in [0.4, 0.5) is 0 Å². The van der Waals surface area contributed by atoms with E-state index in [0.29, 0.717) is 5.92 Å². The fourth-order valence-electron chi connectivity index (χ4n) is 0.408. The number of alkyl halides is 1. The molecule has 0 rings (SSSR count). The van der Waals surface area contributed by atoms with Crippen molar-refractivity contribution in [3.05, 3.63) is 6.92 Å². The lowest BCUT2D eigenvalue weighted by Crippen LogP contribution is -1.89. The highest BCUT2D eigenvalue weighted by Crippen LogP contribution is 2.00. The van der Waals surface area contributed by atoms with E-state index in [1.165, 1.54) is 0 Å². The lowest BCUT2D eigenvalue weighted by Gasteiger charge is -1.95. The van der Waals surface area contributed by atoms with Crippen molar-refractivity contribution in [1.82, 2.24) is 0 Å². The summed E-state index contributed by atoms with van der Waals surface area (Å²) >= 11 is 2.33. The van der Waals surface area contributed by atoms with Gasteiger partial charge in [-0.2, -0.15) is 0 Å². The Balaban J connectivity index is 3.27. The van der Waals surface area contributed by atoms with Crippen LogP contribution >= 0.6 is 22.6 Å². The minimum atomic E-state index is 0.344. The summed E-state index contributed by atoms with van der Waals surface area (Å²) in [5, 5.41) is 0. The Bertz CT molecular complexity index is 96.7. The van der Waals surface area contributed by atoms with E-state index in [2.05, 4.69) is 41.4 Å². The fourth-order valence-corrected chi connectivity index (χ4v) is 1.16. The van der Waals surface area contributed by atoms with Gasteiger partial charge in [-0.3, -0.25) is 0 Å². The smallest absolute Gasteiger partial charge is 0.0210 e. The molecule has 0 heterocycles. The Kier molecular flexibility index (Phi) is 5.62. The van der Waals surface area contributed by atoms with Gasteiger partial charge in [0.25, 0.3) is 0 Å². The second-order valence-electron chi connectivity index (χ2n) is 1.57. The van der Waals surface area contributed by atoms with E-state index in [0.717, 1.165) is 10.8 Å². The van der Waals surface area contributed by atoms with Crippen molar-refractivity contribution >= 4 is 22.6 Å². The molecule has 1 radical (unpaired) electrons. The second kappa shape index (κ2) is 5.43. The van der Waals surface area contributed by atoms with E-state index in [1.807, 2.05) is 6.92 Å². The summed E-state index contributed by atoms with van der Waals surface area (Å²) < 4.78 is 1.15. The highest BCUT2D eigenvalue weighted by Gasteiger charge is 1.91. The van der Waals surface area contributed by atoms with Gasteiger partial charge >= 0.3 is 0 Å². The normalized spacial score (nSPS) is 11.9. The molecular weight excluding hydrogens is 211 g/mol. The maximum absolute atomic E-state index is 3.84. The molecule has 0 aromatic rings. The van der Waals surface area contributed by atoms with Gasteiger partial charge in [0, 0.05) is 10.3 Å². The SMILES string of the molecule is [CH2]C(C#CC)CCI. The zero-order valence-electron chi connectivity index (χ0n) is 5.08. The van der Waals surface area contributed by atoms with Gasteiger partial charge < -0.3 is 0 Å². The average Bonchev–Trinajstić information content (AvgIpc) is 1.68. The highest BCUT2D eigenvalue weighted by atomic mass is 127. The number of hydrogen-bond donors (Lipinski definition) is 0. The van der Waals surface area contributed by atoms with E-state index >= 15 is 0 Å². The Morgan fingerprint density at radius 2 is 2.38 bits per heavy atom. The fraction of sp³-hybridized carbons (Fsp3) is 0.571. The average molecular weight is 221 g/mol. The summed E-state index contributed by atoms with van der Waals surface area (Å²) in [5.41, 5.74) is 0. The Hall–Kier alpha value is 0.290. The number of hydrogen-bond acceptors (Lipinski definition) is 0. The summed E-state index contributed by atoms with van der Waals surface area (Å²) in [7, 11) is 0. The zero-order chi connectivity index (χ0) is 6.41. The molecule has 0 nitrogen and oxygen atoms in total. The summed E-state index contributed by atoms with van der Waals surface area (Å²) in [6.45, 7) is 5.69. The third-order valence-corrected chi connectivity index (χ3v) is 1.43. The van der Waals surface area contributed by atoms with E-state index in [1.54, 1.807) is 0 Å². The third kappa shape index (κ3) is 4.45. The van der Waals surface area contributed by atoms with Gasteiger partial charge in [0.2, 0.25) is 0 Å². The van der Waals surface area contributed by atoms with Crippen LogP contribution in [-0.4, -0.2) is 4.43 Å². The van der Waals surface area contributed by atoms with E-state index in [9.17, 15) is 0 Å². The van der Waals surface area contributed by atoms with Crippen molar-refractivity contribution in [2.75, 3.05) is 4.43 Å². The Labute approximate surface area is 65.2 Å².